The van der Waals surface area contributed by atoms with E-state index < -0.39 is 5.91 Å². The lowest BCUT2D eigenvalue weighted by molar-refractivity contribution is 0.0931. The maximum Gasteiger partial charge on any atom is 0.252 e. The van der Waals surface area contributed by atoms with E-state index in [1.165, 1.54) is 24.6 Å². The van der Waals surface area contributed by atoms with E-state index in [1.54, 1.807) is 0 Å². The van der Waals surface area contributed by atoms with Gasteiger partial charge in [-0.2, -0.15) is 0 Å². The largest absolute Gasteiger partial charge is 0.508 e. The van der Waals surface area contributed by atoms with E-state index in [-0.39, 0.29) is 34.0 Å². The van der Waals surface area contributed by atoms with Crippen molar-refractivity contribution in [3.8, 4) is 11.5 Å². The van der Waals surface area contributed by atoms with E-state index in [2.05, 4.69) is 5.32 Å². The van der Waals surface area contributed by atoms with Crippen molar-refractivity contribution in [3.05, 3.63) is 23.8 Å². The zero-order valence-corrected chi connectivity index (χ0v) is 12.5. The molecule has 0 heterocycles. The lowest BCUT2D eigenvalue weighted by Crippen LogP contribution is -2.48. The number of carbonyl (C=O) groups excluding carboxylic acids is 1. The van der Waals surface area contributed by atoms with Crippen molar-refractivity contribution in [2.75, 3.05) is 0 Å². The van der Waals surface area contributed by atoms with Crippen molar-refractivity contribution in [3.63, 3.8) is 0 Å². The fraction of sp³-hybridized carbons (Fsp3) is 0.467. The Morgan fingerprint density at radius 3 is 2.29 bits per heavy atom. The number of nitrogens with two attached hydrogens (primary N) is 1. The van der Waals surface area contributed by atoms with Gasteiger partial charge >= 0.3 is 0 Å². The summed E-state index contributed by atoms with van der Waals surface area (Å²) in [4.78, 5) is 12.5. The smallest absolute Gasteiger partial charge is 0.252 e. The molecular weight excluding hydrogens is 288 g/mol. The molecule has 0 radical (unpaired) electrons. The molecule has 1 fully saturated rings. The normalized spacial score (nSPS) is 17.1. The first-order chi connectivity index (χ1) is 9.97. The lowest BCUT2D eigenvalue weighted by atomic mass is 9.83. The molecule has 0 aromatic heterocycles. The van der Waals surface area contributed by atoms with Crippen LogP contribution in [0.5, 0.6) is 11.5 Å². The molecule has 1 atom stereocenters. The van der Waals surface area contributed by atoms with E-state index in [0.717, 1.165) is 25.7 Å². The Hall–Kier alpha value is -1.82. The second-order valence-corrected chi connectivity index (χ2v) is 5.96. The summed E-state index contributed by atoms with van der Waals surface area (Å²) in [6, 6.07) is 3.42. The van der Waals surface area contributed by atoms with Gasteiger partial charge in [-0.05, 0) is 30.9 Å². The maximum atomic E-state index is 12.3. The highest BCUT2D eigenvalue weighted by Crippen LogP contribution is 2.27. The molecule has 0 spiro atoms. The van der Waals surface area contributed by atoms with Gasteiger partial charge < -0.3 is 21.3 Å². The van der Waals surface area contributed by atoms with Crippen LogP contribution in [0.2, 0.25) is 0 Å². The lowest BCUT2D eigenvalue weighted by Gasteiger charge is -2.30. The molecule has 1 saturated carbocycles. The van der Waals surface area contributed by atoms with Gasteiger partial charge in [-0.1, -0.05) is 31.5 Å². The molecule has 0 aliphatic heterocycles. The second kappa shape index (κ2) is 6.76. The fourth-order valence-electron chi connectivity index (χ4n) is 2.84. The van der Waals surface area contributed by atoms with Crippen LogP contribution in [-0.4, -0.2) is 27.2 Å². The van der Waals surface area contributed by atoms with E-state index in [0.29, 0.717) is 0 Å². The van der Waals surface area contributed by atoms with Crippen molar-refractivity contribution < 1.29 is 15.0 Å². The number of rotatable bonds is 4. The van der Waals surface area contributed by atoms with E-state index in [4.69, 9.17) is 18.0 Å². The number of hydrogen-bond acceptors (Lipinski definition) is 4. The minimum Gasteiger partial charge on any atom is -0.508 e. The zero-order chi connectivity index (χ0) is 15.4. The summed E-state index contributed by atoms with van der Waals surface area (Å²) in [5.74, 6) is -0.468. The SMILES string of the molecule is NC(=S)C(NC(=O)c1cc(O)cc(O)c1)C1CCCCC1. The van der Waals surface area contributed by atoms with E-state index in [9.17, 15) is 15.0 Å². The van der Waals surface area contributed by atoms with Crippen LogP contribution in [-0.2, 0) is 0 Å². The molecule has 5 nitrogen and oxygen atoms in total. The average molecular weight is 308 g/mol. The third-order valence-electron chi connectivity index (χ3n) is 3.88. The van der Waals surface area contributed by atoms with Crippen LogP contribution in [0.4, 0.5) is 0 Å². The third kappa shape index (κ3) is 4.07. The number of aromatic hydroxyl groups is 2. The predicted molar refractivity (Wildman–Crippen MR) is 84.4 cm³/mol. The number of thiocarbonyl (C=S) groups is 1. The van der Waals surface area contributed by atoms with Crippen LogP contribution in [0.3, 0.4) is 0 Å². The molecule has 1 amide bonds. The van der Waals surface area contributed by atoms with Crippen molar-refractivity contribution in [2.45, 2.75) is 38.1 Å². The van der Waals surface area contributed by atoms with Crippen LogP contribution >= 0.6 is 12.2 Å². The molecule has 1 aromatic rings. The van der Waals surface area contributed by atoms with Gasteiger partial charge in [0.15, 0.2) is 0 Å². The number of nitrogens with one attached hydrogen (secondary N) is 1. The molecule has 1 aliphatic carbocycles. The van der Waals surface area contributed by atoms with E-state index >= 15 is 0 Å². The number of hydrogen-bond donors (Lipinski definition) is 4. The molecule has 1 unspecified atom stereocenters. The van der Waals surface area contributed by atoms with Crippen molar-refractivity contribution in [1.82, 2.24) is 5.32 Å². The topological polar surface area (TPSA) is 95.6 Å². The summed E-state index contributed by atoms with van der Waals surface area (Å²) in [6.45, 7) is 0. The molecular formula is C15H20N2O3S. The molecule has 114 valence electrons. The Balaban J connectivity index is 2.12. The predicted octanol–water partition coefficient (Wildman–Crippen LogP) is 2.06. The van der Waals surface area contributed by atoms with Gasteiger partial charge in [0, 0.05) is 11.6 Å². The maximum absolute atomic E-state index is 12.3. The standard InChI is InChI=1S/C15H20N2O3S/c16-14(21)13(9-4-2-1-3-5-9)17-15(20)10-6-11(18)8-12(19)7-10/h6-9,13,18-19H,1-5H2,(H2,16,21)(H,17,20). The summed E-state index contributed by atoms with van der Waals surface area (Å²) in [5.41, 5.74) is 5.96. The van der Waals surface area contributed by atoms with Gasteiger partial charge in [-0.15, -0.1) is 0 Å². The Bertz CT molecular complexity index is 521. The molecule has 0 saturated heterocycles. The Kier molecular flexibility index (Phi) is 5.01. The van der Waals surface area contributed by atoms with Crippen LogP contribution in [0.1, 0.15) is 42.5 Å². The molecule has 2 rings (SSSR count). The van der Waals surface area contributed by atoms with Gasteiger partial charge in [0.1, 0.15) is 11.5 Å². The fourth-order valence-corrected chi connectivity index (χ4v) is 3.09. The summed E-state index contributed by atoms with van der Waals surface area (Å²) in [7, 11) is 0. The highest BCUT2D eigenvalue weighted by atomic mass is 32.1. The van der Waals surface area contributed by atoms with Crippen molar-refractivity contribution >= 4 is 23.1 Å². The van der Waals surface area contributed by atoms with Crippen LogP contribution in [0.25, 0.3) is 0 Å². The Morgan fingerprint density at radius 1 is 1.19 bits per heavy atom. The molecule has 21 heavy (non-hydrogen) atoms. The van der Waals surface area contributed by atoms with Crippen molar-refractivity contribution in [2.24, 2.45) is 11.7 Å². The minimum absolute atomic E-state index is 0.162. The first kappa shape index (κ1) is 15.6. The summed E-state index contributed by atoms with van der Waals surface area (Å²) in [5, 5.41) is 21.7. The average Bonchev–Trinajstić information content (AvgIpc) is 2.44. The van der Waals surface area contributed by atoms with Gasteiger partial charge in [-0.3, -0.25) is 4.79 Å². The number of phenolic OH excluding ortho intramolecular Hbond substituents is 2. The van der Waals surface area contributed by atoms with Crippen LogP contribution in [0, 0.1) is 5.92 Å². The summed E-state index contributed by atoms with van der Waals surface area (Å²) in [6.07, 6.45) is 5.43. The summed E-state index contributed by atoms with van der Waals surface area (Å²) >= 11 is 5.08. The quantitative estimate of drug-likeness (QED) is 0.639. The number of benzene rings is 1. The first-order valence-electron chi connectivity index (χ1n) is 7.10. The molecule has 1 aromatic carbocycles. The zero-order valence-electron chi connectivity index (χ0n) is 11.7. The van der Waals surface area contributed by atoms with Crippen LogP contribution < -0.4 is 11.1 Å². The first-order valence-corrected chi connectivity index (χ1v) is 7.51. The Labute approximate surface area is 129 Å². The Morgan fingerprint density at radius 2 is 1.76 bits per heavy atom. The highest BCUT2D eigenvalue weighted by molar-refractivity contribution is 7.80. The van der Waals surface area contributed by atoms with Gasteiger partial charge in [0.05, 0.1) is 11.0 Å². The third-order valence-corrected chi connectivity index (χ3v) is 4.13. The molecule has 6 heteroatoms. The monoisotopic (exact) mass is 308 g/mol. The van der Waals surface area contributed by atoms with Gasteiger partial charge in [0.25, 0.3) is 5.91 Å². The molecule has 1 aliphatic rings. The van der Waals surface area contributed by atoms with Gasteiger partial charge in [0.2, 0.25) is 0 Å². The number of carbonyl (C=O) groups is 1. The minimum atomic E-state index is -0.399. The van der Waals surface area contributed by atoms with Gasteiger partial charge in [-0.25, -0.2) is 0 Å². The van der Waals surface area contributed by atoms with Crippen LogP contribution in [0.15, 0.2) is 18.2 Å². The second-order valence-electron chi connectivity index (χ2n) is 5.49. The number of amides is 1. The summed E-state index contributed by atoms with van der Waals surface area (Å²) < 4.78 is 0. The van der Waals surface area contributed by atoms with E-state index in [1.807, 2.05) is 0 Å². The molecule has 0 bridgehead atoms. The number of phenols is 2. The van der Waals surface area contributed by atoms with Crippen molar-refractivity contribution in [1.29, 1.82) is 0 Å². The molecule has 5 N–H and O–H groups in total. The highest BCUT2D eigenvalue weighted by Gasteiger charge is 2.27.